The molecule has 0 spiro atoms. The maximum absolute atomic E-state index is 10.9. The SMILES string of the molecule is COc1cccc(CNCCSc2nnnn2C)c1OCC(N)=O.Cl. The van der Waals surface area contributed by atoms with Crippen LogP contribution in [0.25, 0.3) is 0 Å². The summed E-state index contributed by atoms with van der Waals surface area (Å²) in [6.07, 6.45) is 0. The number of para-hydroxylation sites is 1. The summed E-state index contributed by atoms with van der Waals surface area (Å²) >= 11 is 1.56. The minimum atomic E-state index is -0.534. The lowest BCUT2D eigenvalue weighted by Gasteiger charge is -2.14. The first-order valence-electron chi connectivity index (χ1n) is 7.24. The summed E-state index contributed by atoms with van der Waals surface area (Å²) in [6, 6.07) is 5.55. The van der Waals surface area contributed by atoms with Gasteiger partial charge < -0.3 is 20.5 Å². The predicted octanol–water partition coefficient (Wildman–Crippen LogP) is 0.386. The van der Waals surface area contributed by atoms with Gasteiger partial charge in [-0.3, -0.25) is 4.79 Å². The number of primary amides is 1. The molecule has 1 heterocycles. The predicted molar refractivity (Wildman–Crippen MR) is 96.2 cm³/mol. The molecule has 0 fully saturated rings. The summed E-state index contributed by atoms with van der Waals surface area (Å²) in [5.41, 5.74) is 6.03. The molecule has 3 N–H and O–H groups in total. The van der Waals surface area contributed by atoms with E-state index in [1.807, 2.05) is 12.1 Å². The molecular weight excluding hydrogens is 368 g/mol. The summed E-state index contributed by atoms with van der Waals surface area (Å²) in [5.74, 6) is 1.37. The Morgan fingerprint density at radius 1 is 1.44 bits per heavy atom. The molecule has 2 rings (SSSR count). The number of benzene rings is 1. The summed E-state index contributed by atoms with van der Waals surface area (Å²) < 4.78 is 12.4. The summed E-state index contributed by atoms with van der Waals surface area (Å²) in [7, 11) is 3.35. The Morgan fingerprint density at radius 3 is 2.88 bits per heavy atom. The lowest BCUT2D eigenvalue weighted by molar-refractivity contribution is -0.119. The van der Waals surface area contributed by atoms with Crippen LogP contribution in [-0.4, -0.2) is 52.1 Å². The number of ether oxygens (including phenoxy) is 2. The number of carbonyl (C=O) groups is 1. The van der Waals surface area contributed by atoms with E-state index in [1.54, 1.807) is 36.7 Å². The molecule has 138 valence electrons. The van der Waals surface area contributed by atoms with Gasteiger partial charge in [-0.2, -0.15) is 0 Å². The number of hydrogen-bond donors (Lipinski definition) is 2. The van der Waals surface area contributed by atoms with Crippen molar-refractivity contribution in [1.29, 1.82) is 0 Å². The molecule has 0 aliphatic carbocycles. The van der Waals surface area contributed by atoms with Crippen molar-refractivity contribution in [1.82, 2.24) is 25.5 Å². The first-order chi connectivity index (χ1) is 11.6. The van der Waals surface area contributed by atoms with Gasteiger partial charge in [-0.05, 0) is 16.5 Å². The quantitative estimate of drug-likeness (QED) is 0.443. The normalized spacial score (nSPS) is 10.2. The number of nitrogens with zero attached hydrogens (tertiary/aromatic N) is 4. The fraction of sp³-hybridized carbons (Fsp3) is 0.429. The molecule has 0 aliphatic rings. The lowest BCUT2D eigenvalue weighted by atomic mass is 10.2. The standard InChI is InChI=1S/C14H20N6O3S.ClH/c1-20-14(17-18-19-20)24-7-6-16-8-10-4-3-5-11(22-2)13(10)23-9-12(15)21;/h3-5,16H,6-9H2,1-2H3,(H2,15,21);1H. The molecule has 1 amide bonds. The van der Waals surface area contributed by atoms with Crippen molar-refractivity contribution in [3.8, 4) is 11.5 Å². The highest BCUT2D eigenvalue weighted by molar-refractivity contribution is 7.99. The van der Waals surface area contributed by atoms with Crippen LogP contribution in [0.5, 0.6) is 11.5 Å². The second kappa shape index (κ2) is 10.7. The second-order valence-corrected chi connectivity index (χ2v) is 5.88. The number of rotatable bonds is 10. The highest BCUT2D eigenvalue weighted by atomic mass is 35.5. The van der Waals surface area contributed by atoms with Crippen LogP contribution >= 0.6 is 24.2 Å². The molecule has 1 aromatic carbocycles. The molecule has 1 aromatic heterocycles. The Labute approximate surface area is 156 Å². The monoisotopic (exact) mass is 388 g/mol. The number of amides is 1. The average Bonchev–Trinajstić information content (AvgIpc) is 2.97. The van der Waals surface area contributed by atoms with Gasteiger partial charge >= 0.3 is 0 Å². The molecule has 0 saturated carbocycles. The van der Waals surface area contributed by atoms with Crippen LogP contribution in [0, 0.1) is 0 Å². The van der Waals surface area contributed by atoms with E-state index in [4.69, 9.17) is 15.2 Å². The van der Waals surface area contributed by atoms with Crippen LogP contribution in [0.1, 0.15) is 5.56 Å². The number of carbonyl (C=O) groups excluding carboxylic acids is 1. The van der Waals surface area contributed by atoms with Crippen LogP contribution in [0.3, 0.4) is 0 Å². The number of thioether (sulfide) groups is 1. The molecule has 9 nitrogen and oxygen atoms in total. The summed E-state index contributed by atoms with van der Waals surface area (Å²) in [5, 5.41) is 15.3. The maximum atomic E-state index is 10.9. The van der Waals surface area contributed by atoms with Gasteiger partial charge in [-0.15, -0.1) is 17.5 Å². The highest BCUT2D eigenvalue weighted by Gasteiger charge is 2.11. The molecule has 0 unspecified atom stereocenters. The highest BCUT2D eigenvalue weighted by Crippen LogP contribution is 2.31. The summed E-state index contributed by atoms with van der Waals surface area (Å²) in [4.78, 5) is 10.9. The van der Waals surface area contributed by atoms with Gasteiger partial charge in [0.15, 0.2) is 18.1 Å². The number of aryl methyl sites for hydroxylation is 1. The van der Waals surface area contributed by atoms with Crippen molar-refractivity contribution < 1.29 is 14.3 Å². The molecule has 0 aliphatic heterocycles. The van der Waals surface area contributed by atoms with Gasteiger partial charge in [0.05, 0.1) is 7.11 Å². The van der Waals surface area contributed by atoms with Crippen molar-refractivity contribution in [2.45, 2.75) is 11.7 Å². The molecule has 0 atom stereocenters. The Hall–Kier alpha value is -2.04. The number of tetrazole rings is 1. The van der Waals surface area contributed by atoms with E-state index in [2.05, 4.69) is 20.8 Å². The van der Waals surface area contributed by atoms with Gasteiger partial charge in [0.2, 0.25) is 5.16 Å². The zero-order chi connectivity index (χ0) is 17.4. The van der Waals surface area contributed by atoms with Gasteiger partial charge in [0.25, 0.3) is 5.91 Å². The fourth-order valence-corrected chi connectivity index (χ4v) is 2.70. The van der Waals surface area contributed by atoms with E-state index in [0.717, 1.165) is 23.0 Å². The largest absolute Gasteiger partial charge is 0.493 e. The van der Waals surface area contributed by atoms with Crippen molar-refractivity contribution >= 4 is 30.1 Å². The van der Waals surface area contributed by atoms with E-state index in [0.29, 0.717) is 18.0 Å². The zero-order valence-corrected chi connectivity index (χ0v) is 15.6. The minimum absolute atomic E-state index is 0. The molecule has 0 saturated heterocycles. The Morgan fingerprint density at radius 2 is 2.24 bits per heavy atom. The number of methoxy groups -OCH3 is 1. The van der Waals surface area contributed by atoms with E-state index in [9.17, 15) is 4.79 Å². The van der Waals surface area contributed by atoms with Gasteiger partial charge in [-0.25, -0.2) is 4.68 Å². The molecule has 0 bridgehead atoms. The average molecular weight is 389 g/mol. The van der Waals surface area contributed by atoms with Crippen molar-refractivity contribution in [3.63, 3.8) is 0 Å². The fourth-order valence-electron chi connectivity index (χ4n) is 1.95. The van der Waals surface area contributed by atoms with E-state index in [1.165, 1.54) is 0 Å². The van der Waals surface area contributed by atoms with Gasteiger partial charge in [0, 0.05) is 31.5 Å². The van der Waals surface area contributed by atoms with Crippen LogP contribution in [-0.2, 0) is 18.4 Å². The van der Waals surface area contributed by atoms with E-state index < -0.39 is 5.91 Å². The molecule has 0 radical (unpaired) electrons. The zero-order valence-electron chi connectivity index (χ0n) is 14.0. The van der Waals surface area contributed by atoms with Crippen molar-refractivity contribution in [2.75, 3.05) is 26.0 Å². The van der Waals surface area contributed by atoms with E-state index >= 15 is 0 Å². The number of halogens is 1. The Kier molecular flexibility index (Phi) is 9.03. The van der Waals surface area contributed by atoms with Crippen molar-refractivity contribution in [3.05, 3.63) is 23.8 Å². The third-order valence-electron chi connectivity index (χ3n) is 3.05. The van der Waals surface area contributed by atoms with Crippen LogP contribution in [0.2, 0.25) is 0 Å². The smallest absolute Gasteiger partial charge is 0.255 e. The number of nitrogens with two attached hydrogens (primary N) is 1. The number of hydrogen-bond acceptors (Lipinski definition) is 8. The van der Waals surface area contributed by atoms with E-state index in [-0.39, 0.29) is 19.0 Å². The number of nitrogens with one attached hydrogen (secondary N) is 1. The molecule has 11 heteroatoms. The number of aromatic nitrogens is 4. The minimum Gasteiger partial charge on any atom is -0.493 e. The Balaban J connectivity index is 0.00000312. The first kappa shape index (κ1) is 21.0. The second-order valence-electron chi connectivity index (χ2n) is 4.81. The third-order valence-corrected chi connectivity index (χ3v) is 4.06. The molecule has 25 heavy (non-hydrogen) atoms. The summed E-state index contributed by atoms with van der Waals surface area (Å²) in [6.45, 7) is 1.13. The molecular formula is C14H21ClN6O3S. The topological polar surface area (TPSA) is 117 Å². The van der Waals surface area contributed by atoms with Crippen LogP contribution in [0.4, 0.5) is 0 Å². The van der Waals surface area contributed by atoms with Crippen molar-refractivity contribution in [2.24, 2.45) is 12.8 Å². The molecule has 2 aromatic rings. The third kappa shape index (κ3) is 6.40. The van der Waals surface area contributed by atoms with Gasteiger partial charge in [-0.1, -0.05) is 23.9 Å². The van der Waals surface area contributed by atoms with Crippen LogP contribution < -0.4 is 20.5 Å². The first-order valence-corrected chi connectivity index (χ1v) is 8.23. The lowest BCUT2D eigenvalue weighted by Crippen LogP contribution is -2.22. The Bertz CT molecular complexity index is 684. The maximum Gasteiger partial charge on any atom is 0.255 e. The van der Waals surface area contributed by atoms with Crippen LogP contribution in [0.15, 0.2) is 23.4 Å². The van der Waals surface area contributed by atoms with Gasteiger partial charge in [0.1, 0.15) is 0 Å².